The molecule has 2 aromatic heterocycles. The first kappa shape index (κ1) is 25.6. The molecule has 4 rings (SSSR count). The lowest BCUT2D eigenvalue weighted by Crippen LogP contribution is -2.45. The summed E-state index contributed by atoms with van der Waals surface area (Å²) in [6, 6.07) is 16.0. The van der Waals surface area contributed by atoms with Crippen LogP contribution >= 0.6 is 0 Å². The summed E-state index contributed by atoms with van der Waals surface area (Å²) in [7, 11) is 0.0134. The molecule has 0 radical (unpaired) electrons. The highest BCUT2D eigenvalue weighted by Crippen LogP contribution is 2.30. The molecule has 0 aliphatic heterocycles. The van der Waals surface area contributed by atoms with E-state index in [1.807, 2.05) is 24.3 Å². The van der Waals surface area contributed by atoms with Gasteiger partial charge in [0.05, 0.1) is 22.0 Å². The summed E-state index contributed by atoms with van der Waals surface area (Å²) >= 11 is 0. The highest BCUT2D eigenvalue weighted by molar-refractivity contribution is 7.92. The number of nitrogen functional groups attached to an aromatic ring is 1. The Morgan fingerprint density at radius 1 is 1.06 bits per heavy atom. The summed E-state index contributed by atoms with van der Waals surface area (Å²) < 4.78 is 30.3. The highest BCUT2D eigenvalue weighted by Gasteiger charge is 2.20. The van der Waals surface area contributed by atoms with Crippen LogP contribution in [0.5, 0.6) is 0 Å². The van der Waals surface area contributed by atoms with E-state index in [2.05, 4.69) is 20.4 Å². The normalized spacial score (nSPS) is 12.2. The largest absolute Gasteiger partial charge is 0.394 e. The zero-order chi connectivity index (χ0) is 26.1. The van der Waals surface area contributed by atoms with Crippen molar-refractivity contribution < 1.29 is 18.0 Å². The molecule has 2 heterocycles. The summed E-state index contributed by atoms with van der Waals surface area (Å²) in [6.45, 7) is 3.82. The number of nitrogens with one attached hydrogen (secondary N) is 1. The van der Waals surface area contributed by atoms with Crippen LogP contribution in [-0.2, 0) is 16.4 Å². The average molecular weight is 503 g/mol. The van der Waals surface area contributed by atoms with Crippen molar-refractivity contribution in [2.24, 2.45) is 0 Å². The molecule has 0 unspecified atom stereocenters. The third-order valence-electron chi connectivity index (χ3n) is 5.62. The molecule has 0 amide bonds. The second kappa shape index (κ2) is 9.88. The first-order valence-corrected chi connectivity index (χ1v) is 13.0. The van der Waals surface area contributed by atoms with E-state index >= 15 is 0 Å². The lowest BCUT2D eigenvalue weighted by atomic mass is 9.73. The van der Waals surface area contributed by atoms with Crippen molar-refractivity contribution in [1.29, 1.82) is 0 Å². The molecule has 2 aromatic carbocycles. The fraction of sp³-hybridized carbons (Fsp3) is 0.208. The second-order valence-corrected chi connectivity index (χ2v) is 11.8. The Morgan fingerprint density at radius 2 is 1.67 bits per heavy atom. The minimum Gasteiger partial charge on any atom is -0.394 e. The van der Waals surface area contributed by atoms with Crippen LogP contribution in [0.4, 0.5) is 5.82 Å². The molecule has 0 atom stereocenters. The predicted octanol–water partition coefficient (Wildman–Crippen LogP) is 1.19. The molecule has 0 saturated heterocycles. The Balaban J connectivity index is 1.57. The molecule has 4 N–H and O–H groups in total. The van der Waals surface area contributed by atoms with Crippen molar-refractivity contribution in [3.63, 3.8) is 0 Å². The standard InChI is InChI=1S/C24H27B2N5O4S/c1-14(2)36(33,34)18-9-7-17(8-10-18)20-13-28-23(27)22(30-20)21-11-19(31-35-21)16-5-3-15(4-6-16)12-29-24(25,26)32/h3-11,13-14,29,32H,12,25-26H2,1-2H3,(H2,27,28). The fourth-order valence-corrected chi connectivity index (χ4v) is 4.50. The molecule has 0 aliphatic carbocycles. The van der Waals surface area contributed by atoms with Gasteiger partial charge in [0.25, 0.3) is 0 Å². The van der Waals surface area contributed by atoms with Crippen molar-refractivity contribution in [3.8, 4) is 34.0 Å². The maximum absolute atomic E-state index is 12.4. The minimum atomic E-state index is -3.36. The minimum absolute atomic E-state index is 0.188. The van der Waals surface area contributed by atoms with Crippen molar-refractivity contribution in [1.82, 2.24) is 20.4 Å². The number of hydrogen-bond donors (Lipinski definition) is 3. The van der Waals surface area contributed by atoms with E-state index in [4.69, 9.17) is 10.3 Å². The van der Waals surface area contributed by atoms with Crippen LogP contribution < -0.4 is 11.1 Å². The third kappa shape index (κ3) is 5.67. The van der Waals surface area contributed by atoms with Gasteiger partial charge in [-0.3, -0.25) is 0 Å². The zero-order valence-corrected chi connectivity index (χ0v) is 21.4. The SMILES string of the molecule is BC(B)(O)NCc1ccc(-c2cc(-c3nc(-c4ccc(S(=O)(=O)C(C)C)cc4)cnc3N)on2)cc1. The van der Waals surface area contributed by atoms with Gasteiger partial charge in [-0.15, -0.1) is 0 Å². The van der Waals surface area contributed by atoms with Gasteiger partial charge >= 0.3 is 0 Å². The van der Waals surface area contributed by atoms with Gasteiger partial charge < -0.3 is 20.7 Å². The van der Waals surface area contributed by atoms with Crippen molar-refractivity contribution in [2.75, 3.05) is 5.73 Å². The summed E-state index contributed by atoms with van der Waals surface area (Å²) in [5.74, 6) is 0.553. The maximum Gasteiger partial charge on any atom is 0.189 e. The van der Waals surface area contributed by atoms with Gasteiger partial charge in [-0.05, 0) is 31.5 Å². The van der Waals surface area contributed by atoms with E-state index in [1.54, 1.807) is 59.9 Å². The van der Waals surface area contributed by atoms with E-state index in [9.17, 15) is 13.5 Å². The van der Waals surface area contributed by atoms with E-state index in [0.717, 1.165) is 11.1 Å². The average Bonchev–Trinajstić information content (AvgIpc) is 3.33. The zero-order valence-electron chi connectivity index (χ0n) is 20.6. The van der Waals surface area contributed by atoms with Gasteiger partial charge in [0, 0.05) is 29.3 Å². The Hall–Kier alpha value is -3.47. The van der Waals surface area contributed by atoms with E-state index in [1.165, 1.54) is 6.20 Å². The number of hydrogen-bond acceptors (Lipinski definition) is 9. The number of sulfone groups is 1. The van der Waals surface area contributed by atoms with Crippen molar-refractivity contribution >= 4 is 31.3 Å². The summed E-state index contributed by atoms with van der Waals surface area (Å²) in [4.78, 5) is 9.11. The lowest BCUT2D eigenvalue weighted by Gasteiger charge is -2.19. The molecule has 0 saturated carbocycles. The van der Waals surface area contributed by atoms with Gasteiger partial charge in [0.15, 0.2) is 27.1 Å². The summed E-state index contributed by atoms with van der Waals surface area (Å²) in [6.07, 6.45) is 1.53. The molecule has 36 heavy (non-hydrogen) atoms. The number of benzene rings is 2. The van der Waals surface area contributed by atoms with Crippen LogP contribution in [0.2, 0.25) is 0 Å². The van der Waals surface area contributed by atoms with Crippen LogP contribution in [-0.4, -0.2) is 55.1 Å². The molecule has 0 spiro atoms. The highest BCUT2D eigenvalue weighted by atomic mass is 32.2. The Labute approximate surface area is 211 Å². The first-order chi connectivity index (χ1) is 16.9. The molecular weight excluding hydrogens is 476 g/mol. The van der Waals surface area contributed by atoms with E-state index in [0.29, 0.717) is 35.0 Å². The van der Waals surface area contributed by atoms with Gasteiger partial charge in [-0.2, -0.15) is 0 Å². The molecule has 9 nitrogen and oxygen atoms in total. The molecule has 184 valence electrons. The molecule has 0 fully saturated rings. The van der Waals surface area contributed by atoms with Crippen molar-refractivity contribution in [2.45, 2.75) is 36.1 Å². The molecule has 12 heteroatoms. The Bertz CT molecular complexity index is 1470. The Morgan fingerprint density at radius 3 is 2.28 bits per heavy atom. The van der Waals surface area contributed by atoms with Crippen molar-refractivity contribution in [3.05, 3.63) is 66.4 Å². The number of anilines is 1. The van der Waals surface area contributed by atoms with E-state index in [-0.39, 0.29) is 10.7 Å². The topological polar surface area (TPSA) is 144 Å². The third-order valence-corrected chi connectivity index (χ3v) is 7.79. The quantitative estimate of drug-likeness (QED) is 0.239. The monoisotopic (exact) mass is 503 g/mol. The number of rotatable bonds is 8. The lowest BCUT2D eigenvalue weighted by molar-refractivity contribution is 0.172. The van der Waals surface area contributed by atoms with Gasteiger partial charge in [0.2, 0.25) is 0 Å². The molecular formula is C24H27B2N5O4S. The van der Waals surface area contributed by atoms with Crippen LogP contribution in [0.3, 0.4) is 0 Å². The van der Waals surface area contributed by atoms with Gasteiger partial charge in [-0.25, -0.2) is 18.4 Å². The number of aromatic nitrogens is 3. The Kier molecular flexibility index (Phi) is 7.03. The van der Waals surface area contributed by atoms with Gasteiger partial charge in [0.1, 0.15) is 21.4 Å². The maximum atomic E-state index is 12.4. The second-order valence-electron chi connectivity index (χ2n) is 9.29. The van der Waals surface area contributed by atoms with Gasteiger partial charge in [-0.1, -0.05) is 41.6 Å². The number of aliphatic hydroxyl groups is 1. The number of nitrogens with two attached hydrogens (primary N) is 1. The predicted molar refractivity (Wildman–Crippen MR) is 144 cm³/mol. The van der Waals surface area contributed by atoms with E-state index < -0.39 is 20.6 Å². The number of nitrogens with zero attached hydrogens (tertiary/aromatic N) is 3. The molecule has 0 bridgehead atoms. The first-order valence-electron chi connectivity index (χ1n) is 11.4. The van der Waals surface area contributed by atoms with Crippen LogP contribution in [0.1, 0.15) is 19.4 Å². The fourth-order valence-electron chi connectivity index (χ4n) is 3.44. The molecule has 4 aromatic rings. The van der Waals surface area contributed by atoms with Crippen LogP contribution in [0.15, 0.2) is 70.2 Å². The van der Waals surface area contributed by atoms with Crippen LogP contribution in [0, 0.1) is 0 Å². The molecule has 0 aliphatic rings. The van der Waals surface area contributed by atoms with Crippen LogP contribution in [0.25, 0.3) is 34.0 Å². The summed E-state index contributed by atoms with van der Waals surface area (Å²) in [5, 5.41) is 16.5. The summed E-state index contributed by atoms with van der Waals surface area (Å²) in [5.41, 5.74) is 9.16. The smallest absolute Gasteiger partial charge is 0.189 e.